The Bertz CT molecular complexity index is 455. The molecule has 0 aliphatic rings. The number of hydrogen-bond donors (Lipinski definition) is 1. The summed E-state index contributed by atoms with van der Waals surface area (Å²) in [6, 6.07) is 7.31. The lowest BCUT2D eigenvalue weighted by Crippen LogP contribution is -2.02. The Hall–Kier alpha value is -1.39. The van der Waals surface area contributed by atoms with E-state index >= 15 is 0 Å². The van der Waals surface area contributed by atoms with Crippen LogP contribution < -0.4 is 5.73 Å². The van der Waals surface area contributed by atoms with Crippen LogP contribution in [-0.2, 0) is 6.42 Å². The molecule has 78 valence electrons. The molecule has 0 radical (unpaired) electrons. The van der Waals surface area contributed by atoms with Crippen LogP contribution in [0.4, 0.5) is 0 Å². The third-order valence-corrected chi connectivity index (χ3v) is 2.14. The van der Waals surface area contributed by atoms with Crippen LogP contribution in [0.5, 0.6) is 0 Å². The van der Waals surface area contributed by atoms with E-state index in [1.165, 1.54) is 0 Å². The summed E-state index contributed by atoms with van der Waals surface area (Å²) in [7, 11) is 0. The second kappa shape index (κ2) is 4.42. The number of rotatable bonds is 3. The van der Waals surface area contributed by atoms with Gasteiger partial charge in [-0.3, -0.25) is 0 Å². The molecule has 0 aliphatic carbocycles. The Morgan fingerprint density at radius 2 is 2.27 bits per heavy atom. The Morgan fingerprint density at radius 3 is 3.00 bits per heavy atom. The van der Waals surface area contributed by atoms with E-state index < -0.39 is 0 Å². The fourth-order valence-corrected chi connectivity index (χ4v) is 1.41. The van der Waals surface area contributed by atoms with E-state index in [2.05, 4.69) is 10.1 Å². The van der Waals surface area contributed by atoms with Crippen LogP contribution >= 0.6 is 11.6 Å². The molecule has 15 heavy (non-hydrogen) atoms. The quantitative estimate of drug-likeness (QED) is 0.863. The normalized spacial score (nSPS) is 10.5. The summed E-state index contributed by atoms with van der Waals surface area (Å²) in [4.78, 5) is 4.19. The molecule has 0 atom stereocenters. The van der Waals surface area contributed by atoms with Crippen LogP contribution in [-0.4, -0.2) is 16.7 Å². The standard InChI is InChI=1S/C10H10ClN3O/c11-8-3-1-2-7(6-8)10-13-9(4-5-12)15-14-10/h1-3,6H,4-5,12H2. The van der Waals surface area contributed by atoms with Gasteiger partial charge in [-0.1, -0.05) is 28.9 Å². The van der Waals surface area contributed by atoms with Gasteiger partial charge in [0.15, 0.2) is 0 Å². The van der Waals surface area contributed by atoms with Gasteiger partial charge in [-0.05, 0) is 12.1 Å². The molecular weight excluding hydrogens is 214 g/mol. The lowest BCUT2D eigenvalue weighted by atomic mass is 10.2. The van der Waals surface area contributed by atoms with E-state index in [9.17, 15) is 0 Å². The zero-order valence-corrected chi connectivity index (χ0v) is 8.74. The SMILES string of the molecule is NCCc1nc(-c2cccc(Cl)c2)no1. The molecule has 5 heteroatoms. The van der Waals surface area contributed by atoms with Gasteiger partial charge >= 0.3 is 0 Å². The second-order valence-corrected chi connectivity index (χ2v) is 3.50. The number of hydrogen-bond acceptors (Lipinski definition) is 4. The van der Waals surface area contributed by atoms with Crippen molar-refractivity contribution in [2.75, 3.05) is 6.54 Å². The minimum Gasteiger partial charge on any atom is -0.339 e. The number of benzene rings is 1. The highest BCUT2D eigenvalue weighted by atomic mass is 35.5. The van der Waals surface area contributed by atoms with Gasteiger partial charge in [0, 0.05) is 23.6 Å². The summed E-state index contributed by atoms with van der Waals surface area (Å²) in [6.07, 6.45) is 0.591. The van der Waals surface area contributed by atoms with Crippen molar-refractivity contribution in [1.82, 2.24) is 10.1 Å². The molecule has 0 fully saturated rings. The van der Waals surface area contributed by atoms with Crippen LogP contribution in [0.1, 0.15) is 5.89 Å². The van der Waals surface area contributed by atoms with Crippen molar-refractivity contribution in [2.45, 2.75) is 6.42 Å². The van der Waals surface area contributed by atoms with Crippen LogP contribution in [0.2, 0.25) is 5.02 Å². The van der Waals surface area contributed by atoms with Gasteiger partial charge in [-0.25, -0.2) is 0 Å². The Balaban J connectivity index is 2.29. The highest BCUT2D eigenvalue weighted by Gasteiger charge is 2.07. The fraction of sp³-hybridized carbons (Fsp3) is 0.200. The van der Waals surface area contributed by atoms with Gasteiger partial charge in [0.1, 0.15) is 0 Å². The molecule has 0 spiro atoms. The smallest absolute Gasteiger partial charge is 0.228 e. The van der Waals surface area contributed by atoms with Crippen LogP contribution in [0.25, 0.3) is 11.4 Å². The molecule has 0 aliphatic heterocycles. The Labute approximate surface area is 92.0 Å². The molecule has 0 saturated heterocycles. The summed E-state index contributed by atoms with van der Waals surface area (Å²) in [5, 5.41) is 4.50. The van der Waals surface area contributed by atoms with Crippen molar-refractivity contribution >= 4 is 11.6 Å². The summed E-state index contributed by atoms with van der Waals surface area (Å²) < 4.78 is 5.02. The van der Waals surface area contributed by atoms with Crippen molar-refractivity contribution in [3.8, 4) is 11.4 Å². The number of halogens is 1. The van der Waals surface area contributed by atoms with Gasteiger partial charge in [0.05, 0.1) is 0 Å². The summed E-state index contributed by atoms with van der Waals surface area (Å²) in [5.41, 5.74) is 6.23. The maximum atomic E-state index is 5.86. The van der Waals surface area contributed by atoms with Crippen LogP contribution in [0.15, 0.2) is 28.8 Å². The Kier molecular flexibility index (Phi) is 2.99. The average molecular weight is 224 g/mol. The van der Waals surface area contributed by atoms with Gasteiger partial charge in [-0.15, -0.1) is 0 Å². The van der Waals surface area contributed by atoms with E-state index in [4.69, 9.17) is 21.9 Å². The average Bonchev–Trinajstić information content (AvgIpc) is 2.67. The number of nitrogens with two attached hydrogens (primary N) is 1. The summed E-state index contributed by atoms with van der Waals surface area (Å²) >= 11 is 5.86. The van der Waals surface area contributed by atoms with E-state index in [1.54, 1.807) is 12.1 Å². The molecule has 2 aromatic rings. The first-order chi connectivity index (χ1) is 7.29. The third-order valence-electron chi connectivity index (χ3n) is 1.91. The molecule has 1 aromatic heterocycles. The van der Waals surface area contributed by atoms with Gasteiger partial charge in [-0.2, -0.15) is 4.98 Å². The van der Waals surface area contributed by atoms with E-state index in [1.807, 2.05) is 12.1 Å². The van der Waals surface area contributed by atoms with Crippen LogP contribution in [0.3, 0.4) is 0 Å². The molecule has 0 bridgehead atoms. The molecule has 1 aromatic carbocycles. The summed E-state index contributed by atoms with van der Waals surface area (Å²) in [5.74, 6) is 1.09. The highest BCUT2D eigenvalue weighted by Crippen LogP contribution is 2.19. The monoisotopic (exact) mass is 223 g/mol. The predicted octanol–water partition coefficient (Wildman–Crippen LogP) is 1.89. The first kappa shape index (κ1) is 10.1. The van der Waals surface area contributed by atoms with Gasteiger partial charge in [0.25, 0.3) is 0 Å². The van der Waals surface area contributed by atoms with Gasteiger partial charge < -0.3 is 10.3 Å². The van der Waals surface area contributed by atoms with Crippen molar-refractivity contribution in [2.24, 2.45) is 5.73 Å². The van der Waals surface area contributed by atoms with E-state index in [0.717, 1.165) is 5.56 Å². The molecular formula is C10H10ClN3O. The van der Waals surface area contributed by atoms with Crippen LogP contribution in [0, 0.1) is 0 Å². The maximum Gasteiger partial charge on any atom is 0.228 e. The zero-order valence-electron chi connectivity index (χ0n) is 7.98. The predicted molar refractivity (Wildman–Crippen MR) is 57.5 cm³/mol. The molecule has 2 N–H and O–H groups in total. The molecule has 2 rings (SSSR count). The molecule has 4 nitrogen and oxygen atoms in total. The minimum atomic E-state index is 0.497. The van der Waals surface area contributed by atoms with E-state index in [0.29, 0.717) is 29.7 Å². The maximum absolute atomic E-state index is 5.86. The van der Waals surface area contributed by atoms with Crippen molar-refractivity contribution in [3.05, 3.63) is 35.2 Å². The zero-order chi connectivity index (χ0) is 10.7. The van der Waals surface area contributed by atoms with Gasteiger partial charge in [0.2, 0.25) is 11.7 Å². The first-order valence-electron chi connectivity index (χ1n) is 4.58. The Morgan fingerprint density at radius 1 is 1.40 bits per heavy atom. The number of aromatic nitrogens is 2. The third kappa shape index (κ3) is 2.34. The second-order valence-electron chi connectivity index (χ2n) is 3.06. The minimum absolute atomic E-state index is 0.497. The first-order valence-corrected chi connectivity index (χ1v) is 4.96. The lowest BCUT2D eigenvalue weighted by Gasteiger charge is -1.93. The summed E-state index contributed by atoms with van der Waals surface area (Å²) in [6.45, 7) is 0.497. The van der Waals surface area contributed by atoms with E-state index in [-0.39, 0.29) is 0 Å². The largest absolute Gasteiger partial charge is 0.339 e. The molecule has 0 unspecified atom stereocenters. The van der Waals surface area contributed by atoms with Crippen molar-refractivity contribution < 1.29 is 4.52 Å². The topological polar surface area (TPSA) is 64.9 Å². The van der Waals surface area contributed by atoms with Crippen molar-refractivity contribution in [3.63, 3.8) is 0 Å². The molecule has 0 amide bonds. The molecule has 0 saturated carbocycles. The molecule has 1 heterocycles. The number of nitrogens with zero attached hydrogens (tertiary/aromatic N) is 2. The highest BCUT2D eigenvalue weighted by molar-refractivity contribution is 6.30. The van der Waals surface area contributed by atoms with Crippen molar-refractivity contribution in [1.29, 1.82) is 0 Å². The fourth-order valence-electron chi connectivity index (χ4n) is 1.22. The lowest BCUT2D eigenvalue weighted by molar-refractivity contribution is 0.380.